The second kappa shape index (κ2) is 9.65. The van der Waals surface area contributed by atoms with Crippen molar-refractivity contribution < 1.29 is 13.7 Å². The van der Waals surface area contributed by atoms with Crippen LogP contribution in [0, 0.1) is 17.6 Å². The normalized spacial score (nSPS) is 12.5. The third-order valence-corrected chi connectivity index (χ3v) is 5.06. The van der Waals surface area contributed by atoms with E-state index in [4.69, 9.17) is 0 Å². The molecule has 0 bridgehead atoms. The van der Waals surface area contributed by atoms with Gasteiger partial charge in [0.1, 0.15) is 24.7 Å². The van der Waals surface area contributed by atoms with E-state index in [1.807, 2.05) is 24.3 Å². The summed E-state index contributed by atoms with van der Waals surface area (Å²) < 4.78 is 28.6. The summed E-state index contributed by atoms with van der Waals surface area (Å²) in [6, 6.07) is 17.7. The van der Waals surface area contributed by atoms with Gasteiger partial charge in [0.25, 0.3) is 0 Å². The van der Waals surface area contributed by atoms with Gasteiger partial charge in [-0.15, -0.1) is 0 Å². The molecule has 0 aliphatic heterocycles. The van der Waals surface area contributed by atoms with Crippen molar-refractivity contribution in [3.8, 4) is 0 Å². The number of nitrogens with zero attached hydrogens (tertiary/aromatic N) is 1. The zero-order valence-electron chi connectivity index (χ0n) is 16.7. The van der Waals surface area contributed by atoms with Gasteiger partial charge in [-0.3, -0.25) is 0 Å². The average Bonchev–Trinajstić information content (AvgIpc) is 3.10. The van der Waals surface area contributed by atoms with Crippen LogP contribution in [0.3, 0.4) is 0 Å². The van der Waals surface area contributed by atoms with Crippen LogP contribution in [0.2, 0.25) is 0 Å². The van der Waals surface area contributed by atoms with Gasteiger partial charge in [0.05, 0.1) is 12.2 Å². The maximum Gasteiger partial charge on any atom is 0.123 e. The van der Waals surface area contributed by atoms with Crippen LogP contribution in [0.1, 0.15) is 37.1 Å². The Labute approximate surface area is 166 Å². The number of quaternary nitrogens is 1. The zero-order valence-corrected chi connectivity index (χ0v) is 16.7. The van der Waals surface area contributed by atoms with Gasteiger partial charge in [0.2, 0.25) is 0 Å². The van der Waals surface area contributed by atoms with Crippen LogP contribution in [0.15, 0.2) is 66.9 Å². The highest BCUT2D eigenvalue weighted by Crippen LogP contribution is 2.09. The van der Waals surface area contributed by atoms with Crippen molar-refractivity contribution in [1.29, 1.82) is 0 Å². The molecule has 1 atom stereocenters. The largest absolute Gasteiger partial charge is 0.342 e. The van der Waals surface area contributed by atoms with E-state index in [1.54, 1.807) is 0 Å². The fraction of sp³-hybridized carbons (Fsp3) is 0.333. The van der Waals surface area contributed by atoms with Crippen LogP contribution in [-0.2, 0) is 19.6 Å². The van der Waals surface area contributed by atoms with Crippen LogP contribution in [-0.4, -0.2) is 11.1 Å². The Morgan fingerprint density at radius 1 is 0.821 bits per heavy atom. The number of hydrogen-bond donors (Lipinski definition) is 1. The van der Waals surface area contributed by atoms with Crippen LogP contribution in [0.25, 0.3) is 0 Å². The van der Waals surface area contributed by atoms with Crippen molar-refractivity contribution in [2.45, 2.75) is 39.9 Å². The predicted octanol–water partition coefficient (Wildman–Crippen LogP) is 4.45. The molecule has 148 valence electrons. The quantitative estimate of drug-likeness (QED) is 0.559. The minimum absolute atomic E-state index is 0.194. The molecule has 0 aliphatic rings. The summed E-state index contributed by atoms with van der Waals surface area (Å²) in [5.74, 6) is 0.245. The van der Waals surface area contributed by atoms with E-state index in [9.17, 15) is 8.78 Å². The van der Waals surface area contributed by atoms with Crippen molar-refractivity contribution in [3.63, 3.8) is 0 Å². The number of benzene rings is 2. The lowest BCUT2D eigenvalue weighted by Gasteiger charge is -2.22. The van der Waals surface area contributed by atoms with Gasteiger partial charge in [0, 0.05) is 18.3 Å². The van der Waals surface area contributed by atoms with Crippen LogP contribution < -0.4 is 4.90 Å². The molecular weight excluding hydrogens is 354 g/mol. The first kappa shape index (κ1) is 20.3. The van der Waals surface area contributed by atoms with Crippen molar-refractivity contribution in [1.82, 2.24) is 4.57 Å². The molecule has 2 aromatic carbocycles. The molecular formula is C24H29F2N2+. The average molecular weight is 384 g/mol. The number of rotatable bonds is 9. The van der Waals surface area contributed by atoms with E-state index in [0.717, 1.165) is 43.7 Å². The molecule has 28 heavy (non-hydrogen) atoms. The van der Waals surface area contributed by atoms with Gasteiger partial charge in [-0.1, -0.05) is 38.1 Å². The first-order chi connectivity index (χ1) is 13.5. The summed E-state index contributed by atoms with van der Waals surface area (Å²) in [4.78, 5) is 1.46. The Kier molecular flexibility index (Phi) is 6.99. The standard InChI is InChI=1S/C24H28F2N2/c1-19(2)13-15-27(16-20-5-9-22(25)10-6-20)18-24-4-3-14-28(24)17-21-7-11-23(26)12-8-21/h3-12,14,19H,13,15-18H2,1-2H3/p+1. The summed E-state index contributed by atoms with van der Waals surface area (Å²) >= 11 is 0. The Morgan fingerprint density at radius 2 is 1.43 bits per heavy atom. The van der Waals surface area contributed by atoms with E-state index < -0.39 is 0 Å². The van der Waals surface area contributed by atoms with E-state index in [0.29, 0.717) is 5.92 Å². The second-order valence-corrected chi connectivity index (χ2v) is 7.92. The first-order valence-corrected chi connectivity index (χ1v) is 9.96. The van der Waals surface area contributed by atoms with Gasteiger partial charge < -0.3 is 9.47 Å². The van der Waals surface area contributed by atoms with E-state index >= 15 is 0 Å². The second-order valence-electron chi connectivity index (χ2n) is 7.92. The Balaban J connectivity index is 1.71. The summed E-state index contributed by atoms with van der Waals surface area (Å²) in [5, 5.41) is 0. The molecule has 0 radical (unpaired) electrons. The SMILES string of the molecule is CC(C)CC[NH+](Cc1ccc(F)cc1)Cc1cccn1Cc1ccc(F)cc1. The third kappa shape index (κ3) is 6.03. The smallest absolute Gasteiger partial charge is 0.123 e. The van der Waals surface area contributed by atoms with Gasteiger partial charge in [0.15, 0.2) is 0 Å². The number of hydrogen-bond acceptors (Lipinski definition) is 0. The van der Waals surface area contributed by atoms with Gasteiger partial charge in [-0.05, 0) is 54.3 Å². The molecule has 0 spiro atoms. The molecule has 3 aromatic rings. The van der Waals surface area contributed by atoms with Crippen LogP contribution >= 0.6 is 0 Å². The van der Waals surface area contributed by atoms with Crippen molar-refractivity contribution >= 4 is 0 Å². The lowest BCUT2D eigenvalue weighted by atomic mass is 10.1. The highest BCUT2D eigenvalue weighted by Gasteiger charge is 2.14. The Bertz CT molecular complexity index is 851. The van der Waals surface area contributed by atoms with Crippen molar-refractivity contribution in [2.75, 3.05) is 6.54 Å². The van der Waals surface area contributed by atoms with Gasteiger partial charge in [-0.2, -0.15) is 0 Å². The highest BCUT2D eigenvalue weighted by atomic mass is 19.1. The van der Waals surface area contributed by atoms with Crippen LogP contribution in [0.5, 0.6) is 0 Å². The van der Waals surface area contributed by atoms with Gasteiger partial charge in [-0.25, -0.2) is 8.78 Å². The molecule has 0 saturated heterocycles. The molecule has 1 N–H and O–H groups in total. The molecule has 0 fully saturated rings. The Hall–Kier alpha value is -2.46. The molecule has 1 aromatic heterocycles. The van der Waals surface area contributed by atoms with Crippen LogP contribution in [0.4, 0.5) is 8.78 Å². The Morgan fingerprint density at radius 3 is 2.04 bits per heavy atom. The molecule has 4 heteroatoms. The predicted molar refractivity (Wildman–Crippen MR) is 109 cm³/mol. The minimum Gasteiger partial charge on any atom is -0.342 e. The minimum atomic E-state index is -0.208. The van der Waals surface area contributed by atoms with E-state index in [-0.39, 0.29) is 11.6 Å². The maximum absolute atomic E-state index is 13.2. The summed E-state index contributed by atoms with van der Waals surface area (Å²) in [6.45, 7) is 8.06. The third-order valence-electron chi connectivity index (χ3n) is 5.06. The van der Waals surface area contributed by atoms with E-state index in [2.05, 4.69) is 36.7 Å². The number of halogens is 2. The molecule has 0 aliphatic carbocycles. The summed E-state index contributed by atoms with van der Waals surface area (Å²) in [6.07, 6.45) is 3.23. The van der Waals surface area contributed by atoms with Gasteiger partial charge >= 0.3 is 0 Å². The zero-order chi connectivity index (χ0) is 19.9. The monoisotopic (exact) mass is 383 g/mol. The number of nitrogens with one attached hydrogen (secondary N) is 1. The molecule has 0 saturated carbocycles. The highest BCUT2D eigenvalue weighted by molar-refractivity contribution is 5.18. The fourth-order valence-electron chi connectivity index (χ4n) is 3.43. The summed E-state index contributed by atoms with van der Waals surface area (Å²) in [5.41, 5.74) is 3.49. The molecule has 2 nitrogen and oxygen atoms in total. The molecule has 0 amide bonds. The topological polar surface area (TPSA) is 9.37 Å². The lowest BCUT2D eigenvalue weighted by molar-refractivity contribution is -0.928. The van der Waals surface area contributed by atoms with E-state index in [1.165, 1.54) is 34.9 Å². The summed E-state index contributed by atoms with van der Waals surface area (Å²) in [7, 11) is 0. The van der Waals surface area contributed by atoms with Crippen molar-refractivity contribution in [3.05, 3.63) is 95.3 Å². The molecule has 1 unspecified atom stereocenters. The number of aromatic nitrogens is 1. The lowest BCUT2D eigenvalue weighted by Crippen LogP contribution is -3.09. The fourth-order valence-corrected chi connectivity index (χ4v) is 3.43. The molecule has 1 heterocycles. The van der Waals surface area contributed by atoms with Crippen molar-refractivity contribution in [2.24, 2.45) is 5.92 Å². The first-order valence-electron chi connectivity index (χ1n) is 9.96. The maximum atomic E-state index is 13.2. The molecule has 3 rings (SSSR count).